The van der Waals surface area contributed by atoms with E-state index >= 15 is 0 Å². The third-order valence-electron chi connectivity index (χ3n) is 23.8. The maximum absolute atomic E-state index is 12.5. The van der Waals surface area contributed by atoms with Crippen LogP contribution in [0.3, 0.4) is 0 Å². The van der Waals surface area contributed by atoms with Crippen LogP contribution in [0.25, 0.3) is 0 Å². The number of carbonyl (C=O) groups is 7. The van der Waals surface area contributed by atoms with Gasteiger partial charge in [-0.05, 0) is 208 Å². The molecule has 0 aliphatic heterocycles. The number of esters is 2. The molecule has 0 amide bonds. The molecule has 0 aromatic heterocycles. The highest BCUT2D eigenvalue weighted by Gasteiger charge is 2.41. The van der Waals surface area contributed by atoms with E-state index in [1.807, 2.05) is 13.8 Å². The number of carbonyl (C=O) groups excluding carboxylic acids is 6. The minimum atomic E-state index is -0.592. The summed E-state index contributed by atoms with van der Waals surface area (Å²) in [5, 5.41) is 27.1. The van der Waals surface area contributed by atoms with E-state index in [2.05, 4.69) is 145 Å². The van der Waals surface area contributed by atoms with Crippen LogP contribution in [-0.2, 0) is 43.0 Å². The lowest BCUT2D eigenvalue weighted by atomic mass is 9.67. The second kappa shape index (κ2) is 47.3. The normalized spacial score (nSPS) is 30.6. The molecule has 0 aromatic carbocycles. The zero-order valence-electron chi connectivity index (χ0n) is 67.2. The van der Waals surface area contributed by atoms with Crippen LogP contribution in [0.5, 0.6) is 0 Å². The van der Waals surface area contributed by atoms with Crippen LogP contribution >= 0.6 is 0 Å². The molecule has 0 spiro atoms. The molecule has 97 heavy (non-hydrogen) atoms. The number of hydrogen-bond donors (Lipinski definition) is 3. The van der Waals surface area contributed by atoms with Crippen molar-refractivity contribution >= 4 is 41.0 Å². The number of aliphatic hydroxyl groups is 2. The largest absolute Gasteiger partial charge is 0.481 e. The Morgan fingerprint density at radius 1 is 0.392 bits per heavy atom. The van der Waals surface area contributed by atoms with Gasteiger partial charge in [-0.25, -0.2) is 0 Å². The molecule has 6 rings (SSSR count). The highest BCUT2D eigenvalue weighted by atomic mass is 16.5. The first kappa shape index (κ1) is 92.0. The van der Waals surface area contributed by atoms with Crippen molar-refractivity contribution < 1.29 is 58.4 Å². The Morgan fingerprint density at radius 2 is 0.691 bits per heavy atom. The summed E-state index contributed by atoms with van der Waals surface area (Å²) < 4.78 is 9.95. The molecule has 3 N–H and O–H groups in total. The van der Waals surface area contributed by atoms with Crippen LogP contribution in [0.4, 0.5) is 0 Å². The fourth-order valence-corrected chi connectivity index (χ4v) is 17.8. The van der Waals surface area contributed by atoms with Gasteiger partial charge < -0.3 is 24.8 Å². The van der Waals surface area contributed by atoms with Gasteiger partial charge in [0.2, 0.25) is 0 Å². The molecule has 6 saturated carbocycles. The third-order valence-corrected chi connectivity index (χ3v) is 23.8. The van der Waals surface area contributed by atoms with Crippen LogP contribution < -0.4 is 0 Å². The Morgan fingerprint density at radius 3 is 0.990 bits per heavy atom. The SMILES string of the molecule is CC(C)CC(=O)C1CC(C)CCC1C(C)C.CC1CCC(C(C)C)C(C(=O)CC(C)(C)CO)C1.CC1CCC(C(C)C)C(C(=O)O)C1.CC1CCC(C(C)C)C(C(=O)OCCO)C1.CCCC(=O)C1CC(C)CCC1C(C)C.CCOC(=O)CCC(=O)C1CC(C)CCC1C(C)C. The van der Waals surface area contributed by atoms with Crippen LogP contribution in [-0.4, -0.2) is 82.8 Å². The molecule has 6 aliphatic carbocycles. The molecular formula is C85H156O12. The molecule has 12 nitrogen and oxygen atoms in total. The number of hydrogen-bond acceptors (Lipinski definition) is 11. The lowest BCUT2D eigenvalue weighted by Crippen LogP contribution is -2.36. The van der Waals surface area contributed by atoms with Gasteiger partial charge in [-0.1, -0.05) is 198 Å². The molecule has 0 aromatic rings. The minimum absolute atomic E-state index is 0.0373. The summed E-state index contributed by atoms with van der Waals surface area (Å²) in [6, 6.07) is 0. The van der Waals surface area contributed by atoms with Crippen molar-refractivity contribution in [2.24, 2.45) is 153 Å². The summed E-state index contributed by atoms with van der Waals surface area (Å²) >= 11 is 0. The highest BCUT2D eigenvalue weighted by molar-refractivity contribution is 5.85. The first-order valence-electron chi connectivity index (χ1n) is 40.1. The van der Waals surface area contributed by atoms with Gasteiger partial charge >= 0.3 is 17.9 Å². The molecule has 0 saturated heterocycles. The van der Waals surface area contributed by atoms with E-state index < -0.39 is 5.97 Å². The number of rotatable bonds is 25. The minimum Gasteiger partial charge on any atom is -0.481 e. The molecule has 6 fully saturated rings. The smallest absolute Gasteiger partial charge is 0.309 e. The second-order valence-corrected chi connectivity index (χ2v) is 35.8. The predicted molar refractivity (Wildman–Crippen MR) is 400 cm³/mol. The Labute approximate surface area is 596 Å². The molecule has 6 aliphatic rings. The van der Waals surface area contributed by atoms with Crippen molar-refractivity contribution in [3.8, 4) is 0 Å². The summed E-state index contributed by atoms with van der Waals surface area (Å²) in [4.78, 5) is 83.4. The number of carboxylic acids is 1. The lowest BCUT2D eigenvalue weighted by Gasteiger charge is -2.37. The maximum atomic E-state index is 12.5. The number of carboxylic acid groups (broad SMARTS) is 1. The molecule has 12 heteroatoms. The summed E-state index contributed by atoms with van der Waals surface area (Å²) in [5.74, 6) is 13.0. The zero-order valence-corrected chi connectivity index (χ0v) is 67.2. The predicted octanol–water partition coefficient (Wildman–Crippen LogP) is 20.7. The van der Waals surface area contributed by atoms with Gasteiger partial charge in [0, 0.05) is 56.0 Å². The van der Waals surface area contributed by atoms with Crippen LogP contribution in [0, 0.1) is 153 Å². The zero-order chi connectivity index (χ0) is 74.2. The topological polar surface area (TPSA) is 199 Å². The van der Waals surface area contributed by atoms with Gasteiger partial charge in [-0.2, -0.15) is 0 Å². The molecular weight excluding hydrogens is 1210 g/mol. The molecule has 0 bridgehead atoms. The average Bonchev–Trinajstić information content (AvgIpc) is 0.880. The van der Waals surface area contributed by atoms with E-state index in [4.69, 9.17) is 19.7 Å². The number of ketones is 4. The van der Waals surface area contributed by atoms with E-state index in [1.165, 1.54) is 57.8 Å². The Hall–Kier alpha value is -2.99. The molecule has 0 heterocycles. The molecule has 0 radical (unpaired) electrons. The summed E-state index contributed by atoms with van der Waals surface area (Å²) in [5.41, 5.74) is -0.265. The van der Waals surface area contributed by atoms with Crippen LogP contribution in [0.1, 0.15) is 320 Å². The lowest BCUT2D eigenvalue weighted by molar-refractivity contribution is -0.154. The van der Waals surface area contributed by atoms with E-state index in [9.17, 15) is 38.7 Å². The van der Waals surface area contributed by atoms with Crippen molar-refractivity contribution in [1.29, 1.82) is 0 Å². The van der Waals surface area contributed by atoms with Crippen molar-refractivity contribution in [3.63, 3.8) is 0 Å². The maximum Gasteiger partial charge on any atom is 0.309 e. The van der Waals surface area contributed by atoms with E-state index in [1.54, 1.807) is 6.92 Å². The summed E-state index contributed by atoms with van der Waals surface area (Å²) in [6.07, 6.45) is 24.4. The highest BCUT2D eigenvalue weighted by Crippen LogP contribution is 2.45. The first-order chi connectivity index (χ1) is 45.3. The number of ether oxygens (including phenoxy) is 2. The van der Waals surface area contributed by atoms with Crippen molar-refractivity contribution in [1.82, 2.24) is 0 Å². The third kappa shape index (κ3) is 34.2. The van der Waals surface area contributed by atoms with Gasteiger partial charge in [0.05, 0.1) is 31.5 Å². The quantitative estimate of drug-likeness (QED) is 0.0732. The van der Waals surface area contributed by atoms with Crippen molar-refractivity contribution in [3.05, 3.63) is 0 Å². The van der Waals surface area contributed by atoms with E-state index in [0.717, 1.165) is 88.9 Å². The standard InChI is InChI=1S/C16H28O3.C16H30O2.C15H28O.C14H26O.C13H24O3.C11H20O2/c1-5-19-16(18)9-8-15(17)14-10-12(4)6-7-13(14)11(2)3;1-11(2)13-7-6-12(3)8-14(13)15(18)9-16(4,5)10-17;1-10(2)8-15(16)14-9-12(5)6-7-13(14)11(3)4;1-5-6-14(15)13-9-11(4)7-8-12(13)10(2)3;1-9(2)11-5-4-10(3)8-12(11)13(15)16-7-6-14;1-7(2)9-5-4-8(3)6-10(9)11(12)13/h11-14H,5-10H2,1-4H3;11-14,17H,6-10H2,1-5H3;10-14H,6-9H2,1-5H3;10-13H,5-9H2,1-4H3;9-12,14H,4-8H2,1-3H3;7-10H,4-6H2,1-3H3,(H,12,13). The Kier molecular flexibility index (Phi) is 44.9. The Balaban J connectivity index is 0.000000584. The van der Waals surface area contributed by atoms with Gasteiger partial charge in [-0.3, -0.25) is 33.6 Å². The van der Waals surface area contributed by atoms with Gasteiger partial charge in [-0.15, -0.1) is 0 Å². The van der Waals surface area contributed by atoms with E-state index in [-0.39, 0.29) is 73.0 Å². The molecule has 568 valence electrons. The van der Waals surface area contributed by atoms with Crippen LogP contribution in [0.15, 0.2) is 0 Å². The summed E-state index contributed by atoms with van der Waals surface area (Å²) in [7, 11) is 0. The molecule has 18 atom stereocenters. The second-order valence-electron chi connectivity index (χ2n) is 35.8. The Bertz CT molecular complexity index is 2230. The monoisotopic (exact) mass is 1370 g/mol. The number of aliphatic carboxylic acids is 1. The molecule has 18 unspecified atom stereocenters. The fraction of sp³-hybridized carbons (Fsp3) is 0.918. The number of aliphatic hydroxyl groups excluding tert-OH is 2. The van der Waals surface area contributed by atoms with Gasteiger partial charge in [0.1, 0.15) is 29.7 Å². The fourth-order valence-electron chi connectivity index (χ4n) is 17.8. The number of Topliss-reactive ketones (excluding diaryl/α,β-unsaturated/α-hetero) is 4. The van der Waals surface area contributed by atoms with Crippen LogP contribution in [0.2, 0.25) is 0 Å². The van der Waals surface area contributed by atoms with E-state index in [0.29, 0.717) is 149 Å². The average molecular weight is 1370 g/mol. The summed E-state index contributed by atoms with van der Waals surface area (Å²) in [6.45, 7) is 52.7. The first-order valence-corrected chi connectivity index (χ1v) is 40.1. The van der Waals surface area contributed by atoms with Crippen molar-refractivity contribution in [2.75, 3.05) is 26.4 Å². The van der Waals surface area contributed by atoms with Crippen molar-refractivity contribution in [2.45, 2.75) is 320 Å². The van der Waals surface area contributed by atoms with Gasteiger partial charge in [0.15, 0.2) is 0 Å². The van der Waals surface area contributed by atoms with Gasteiger partial charge in [0.25, 0.3) is 0 Å².